The molecule has 2 heterocycles. The molecule has 0 unspecified atom stereocenters. The molecule has 1 fully saturated rings. The summed E-state index contributed by atoms with van der Waals surface area (Å²) in [5, 5.41) is 6.00. The largest absolute Gasteiger partial charge is 0.372 e. The number of aryl methyl sites for hydroxylation is 2. The summed E-state index contributed by atoms with van der Waals surface area (Å²) in [6, 6.07) is 8.04. The van der Waals surface area contributed by atoms with Crippen molar-refractivity contribution < 1.29 is 9.53 Å². The van der Waals surface area contributed by atoms with Crippen molar-refractivity contribution >= 4 is 6.03 Å². The first kappa shape index (κ1) is 16.5. The predicted octanol–water partition coefficient (Wildman–Crippen LogP) is 2.45. The second-order valence-corrected chi connectivity index (χ2v) is 6.26. The van der Waals surface area contributed by atoms with Crippen LogP contribution in [0.3, 0.4) is 0 Å². The number of carbonyl (C=O) groups excluding carboxylic acids is 1. The first-order valence-electron chi connectivity index (χ1n) is 8.30. The van der Waals surface area contributed by atoms with E-state index >= 15 is 0 Å². The van der Waals surface area contributed by atoms with Gasteiger partial charge < -0.3 is 19.9 Å². The van der Waals surface area contributed by atoms with Crippen LogP contribution in [0.25, 0.3) is 0 Å². The lowest BCUT2D eigenvalue weighted by Crippen LogP contribution is -2.44. The van der Waals surface area contributed by atoms with Crippen molar-refractivity contribution in [3.63, 3.8) is 0 Å². The van der Waals surface area contributed by atoms with Gasteiger partial charge >= 0.3 is 6.03 Å². The molecule has 2 N–H and O–H groups in total. The van der Waals surface area contributed by atoms with E-state index in [1.807, 2.05) is 49.0 Å². The van der Waals surface area contributed by atoms with Crippen LogP contribution in [0, 0.1) is 6.92 Å². The number of amides is 2. The number of ether oxygens (including phenoxy) is 1. The van der Waals surface area contributed by atoms with Crippen LogP contribution in [0.5, 0.6) is 0 Å². The minimum absolute atomic E-state index is 0.0204. The smallest absolute Gasteiger partial charge is 0.315 e. The van der Waals surface area contributed by atoms with Crippen molar-refractivity contribution in [3.05, 3.63) is 53.6 Å². The third-order valence-electron chi connectivity index (χ3n) is 4.50. The highest BCUT2D eigenvalue weighted by molar-refractivity contribution is 5.74. The van der Waals surface area contributed by atoms with Crippen LogP contribution >= 0.6 is 0 Å². The number of nitrogens with zero attached hydrogens (tertiary/aromatic N) is 2. The Hall–Kier alpha value is -2.34. The topological polar surface area (TPSA) is 68.2 Å². The molecule has 0 saturated carbocycles. The monoisotopic (exact) mass is 328 g/mol. The lowest BCUT2D eigenvalue weighted by Gasteiger charge is -2.30. The van der Waals surface area contributed by atoms with E-state index in [-0.39, 0.29) is 18.2 Å². The Bertz CT molecular complexity index is 698. The van der Waals surface area contributed by atoms with E-state index in [0.29, 0.717) is 13.2 Å². The highest BCUT2D eigenvalue weighted by atomic mass is 16.5. The molecule has 0 spiro atoms. The minimum atomic E-state index is -0.131. The van der Waals surface area contributed by atoms with Crippen molar-refractivity contribution in [1.82, 2.24) is 20.2 Å². The molecule has 3 rings (SSSR count). The maximum atomic E-state index is 12.2. The Morgan fingerprint density at radius 1 is 1.42 bits per heavy atom. The first-order valence-corrected chi connectivity index (χ1v) is 8.30. The van der Waals surface area contributed by atoms with Gasteiger partial charge in [-0.1, -0.05) is 24.3 Å². The highest BCUT2D eigenvalue weighted by Gasteiger charge is 2.26. The number of aromatic nitrogens is 2. The van der Waals surface area contributed by atoms with E-state index in [9.17, 15) is 4.79 Å². The zero-order valence-corrected chi connectivity index (χ0v) is 14.2. The van der Waals surface area contributed by atoms with Crippen molar-refractivity contribution in [1.29, 1.82) is 0 Å². The molecular weight excluding hydrogens is 304 g/mol. The van der Waals surface area contributed by atoms with E-state index in [1.54, 1.807) is 6.33 Å². The quantitative estimate of drug-likeness (QED) is 0.906. The first-order chi connectivity index (χ1) is 11.6. The molecule has 6 nitrogen and oxygen atoms in total. The molecule has 0 aliphatic carbocycles. The maximum Gasteiger partial charge on any atom is 0.315 e. The molecule has 2 amide bonds. The van der Waals surface area contributed by atoms with Gasteiger partial charge in [0, 0.05) is 26.2 Å². The van der Waals surface area contributed by atoms with Crippen LogP contribution in [0.4, 0.5) is 4.79 Å². The average molecular weight is 328 g/mol. The molecule has 128 valence electrons. The molecule has 1 aromatic heterocycles. The van der Waals surface area contributed by atoms with Crippen LogP contribution < -0.4 is 10.6 Å². The number of rotatable bonds is 4. The summed E-state index contributed by atoms with van der Waals surface area (Å²) in [4.78, 5) is 16.3. The fourth-order valence-electron chi connectivity index (χ4n) is 3.03. The van der Waals surface area contributed by atoms with Gasteiger partial charge in [0.15, 0.2) is 0 Å². The van der Waals surface area contributed by atoms with Crippen molar-refractivity contribution in [2.24, 2.45) is 7.05 Å². The Kier molecular flexibility index (Phi) is 5.15. The van der Waals surface area contributed by atoms with Crippen LogP contribution in [-0.2, 0) is 18.3 Å². The molecule has 0 bridgehead atoms. The van der Waals surface area contributed by atoms with Gasteiger partial charge in [-0.2, -0.15) is 0 Å². The summed E-state index contributed by atoms with van der Waals surface area (Å²) in [6.07, 6.45) is 5.16. The summed E-state index contributed by atoms with van der Waals surface area (Å²) in [6.45, 7) is 3.22. The number of carbonyl (C=O) groups is 1. The average Bonchev–Trinajstić information content (AvgIpc) is 3.00. The van der Waals surface area contributed by atoms with Gasteiger partial charge in [-0.25, -0.2) is 9.78 Å². The third-order valence-corrected chi connectivity index (χ3v) is 4.50. The van der Waals surface area contributed by atoms with Crippen LogP contribution in [0.15, 0.2) is 36.8 Å². The highest BCUT2D eigenvalue weighted by Crippen LogP contribution is 2.27. The second kappa shape index (κ2) is 7.49. The fraction of sp³-hybridized carbons (Fsp3) is 0.444. The summed E-state index contributed by atoms with van der Waals surface area (Å²) in [5.41, 5.74) is 3.36. The number of hydrogen-bond acceptors (Lipinski definition) is 3. The number of hydrogen-bond donors (Lipinski definition) is 2. The van der Waals surface area contributed by atoms with Gasteiger partial charge in [0.2, 0.25) is 0 Å². The molecule has 1 aliphatic heterocycles. The lowest BCUT2D eigenvalue weighted by atomic mass is 10.0. The maximum absolute atomic E-state index is 12.2. The van der Waals surface area contributed by atoms with Gasteiger partial charge in [0.1, 0.15) is 6.10 Å². The van der Waals surface area contributed by atoms with E-state index in [0.717, 1.165) is 24.1 Å². The van der Waals surface area contributed by atoms with E-state index < -0.39 is 0 Å². The zero-order valence-electron chi connectivity index (χ0n) is 14.2. The van der Waals surface area contributed by atoms with Crippen molar-refractivity contribution in [3.8, 4) is 0 Å². The Morgan fingerprint density at radius 2 is 2.25 bits per heavy atom. The van der Waals surface area contributed by atoms with Gasteiger partial charge in [-0.3, -0.25) is 0 Å². The van der Waals surface area contributed by atoms with Crippen LogP contribution in [0.2, 0.25) is 0 Å². The summed E-state index contributed by atoms with van der Waals surface area (Å²) in [5.74, 6) is 0. The number of nitrogens with one attached hydrogen (secondary N) is 2. The Labute approximate surface area is 142 Å². The van der Waals surface area contributed by atoms with E-state index in [1.165, 1.54) is 5.56 Å². The molecule has 1 aliphatic rings. The second-order valence-electron chi connectivity index (χ2n) is 6.26. The lowest BCUT2D eigenvalue weighted by molar-refractivity contribution is -0.00178. The van der Waals surface area contributed by atoms with Gasteiger partial charge in [-0.15, -0.1) is 0 Å². The SMILES string of the molecule is Cc1ccccc1CNC(=O)N[C@H]1CCO[C@H](c2cncn2C)C1. The van der Waals surface area contributed by atoms with Crippen molar-refractivity contribution in [2.45, 2.75) is 38.5 Å². The fourth-order valence-corrected chi connectivity index (χ4v) is 3.03. The number of imidazole rings is 1. The molecule has 2 aromatic rings. The summed E-state index contributed by atoms with van der Waals surface area (Å²) in [7, 11) is 1.96. The number of urea groups is 1. The molecule has 2 atom stereocenters. The zero-order chi connectivity index (χ0) is 16.9. The molecule has 0 radical (unpaired) electrons. The summed E-state index contributed by atoms with van der Waals surface area (Å²) < 4.78 is 7.79. The standard InChI is InChI=1S/C18H24N4O2/c1-13-5-3-4-6-14(13)10-20-18(23)21-15-7-8-24-17(9-15)16-11-19-12-22(16)2/h3-6,11-12,15,17H,7-10H2,1-2H3,(H2,20,21,23)/t15-,17-/m0/s1. The molecule has 1 aromatic carbocycles. The van der Waals surface area contributed by atoms with E-state index in [2.05, 4.69) is 15.6 Å². The Morgan fingerprint density at radius 3 is 3.00 bits per heavy atom. The molecule has 6 heteroatoms. The third kappa shape index (κ3) is 3.94. The van der Waals surface area contributed by atoms with Gasteiger partial charge in [0.05, 0.1) is 18.2 Å². The molecular formula is C18H24N4O2. The van der Waals surface area contributed by atoms with Gasteiger partial charge in [-0.05, 0) is 30.9 Å². The predicted molar refractivity (Wildman–Crippen MR) is 91.5 cm³/mol. The number of benzene rings is 1. The molecule has 1 saturated heterocycles. The van der Waals surface area contributed by atoms with Crippen molar-refractivity contribution in [2.75, 3.05) is 6.61 Å². The normalized spacial score (nSPS) is 20.6. The Balaban J connectivity index is 1.51. The minimum Gasteiger partial charge on any atom is -0.372 e. The van der Waals surface area contributed by atoms with E-state index in [4.69, 9.17) is 4.74 Å². The van der Waals surface area contributed by atoms with Crippen LogP contribution in [0.1, 0.15) is 35.8 Å². The van der Waals surface area contributed by atoms with Crippen LogP contribution in [-0.4, -0.2) is 28.2 Å². The molecule has 24 heavy (non-hydrogen) atoms. The van der Waals surface area contributed by atoms with Gasteiger partial charge in [0.25, 0.3) is 0 Å². The summed E-state index contributed by atoms with van der Waals surface area (Å²) >= 11 is 0.